The molecule has 0 aliphatic carbocycles. The Morgan fingerprint density at radius 1 is 1.19 bits per heavy atom. The molecule has 0 amide bonds. The van der Waals surface area contributed by atoms with Crippen LogP contribution < -0.4 is 0 Å². The van der Waals surface area contributed by atoms with Crippen LogP contribution in [0.4, 0.5) is 0 Å². The van der Waals surface area contributed by atoms with E-state index in [1.165, 1.54) is 0 Å². The lowest BCUT2D eigenvalue weighted by Crippen LogP contribution is -2.20. The van der Waals surface area contributed by atoms with E-state index in [0.29, 0.717) is 13.2 Å². The Balaban J connectivity index is 3.34. The van der Waals surface area contributed by atoms with Crippen LogP contribution in [0.5, 0.6) is 0 Å². The summed E-state index contributed by atoms with van der Waals surface area (Å²) in [4.78, 5) is 0. The van der Waals surface area contributed by atoms with Gasteiger partial charge in [0.25, 0.3) is 10.1 Å². The van der Waals surface area contributed by atoms with Gasteiger partial charge in [-0.3, -0.25) is 4.18 Å². The van der Waals surface area contributed by atoms with Crippen molar-refractivity contribution in [1.29, 1.82) is 0 Å². The molecule has 98 valence electrons. The fourth-order valence-corrected chi connectivity index (χ4v) is 1.36. The van der Waals surface area contributed by atoms with E-state index in [9.17, 15) is 8.42 Å². The Kier molecular flexibility index (Phi) is 8.83. The summed E-state index contributed by atoms with van der Waals surface area (Å²) in [5.41, 5.74) is 0. The first-order valence-corrected chi connectivity index (χ1v) is 7.31. The molecule has 0 bridgehead atoms. The molecule has 16 heavy (non-hydrogen) atoms. The lowest BCUT2D eigenvalue weighted by Gasteiger charge is -2.12. The molecular formula is C10H22O5S. The van der Waals surface area contributed by atoms with Crippen LogP contribution in [0.1, 0.15) is 26.7 Å². The maximum atomic E-state index is 10.7. The van der Waals surface area contributed by atoms with Gasteiger partial charge in [0, 0.05) is 6.61 Å². The second-order valence-corrected chi connectivity index (χ2v) is 5.28. The zero-order chi connectivity index (χ0) is 12.4. The predicted octanol–water partition coefficient (Wildman–Crippen LogP) is 1.18. The standard InChI is InChI=1S/C10H22O5S/c1-4-5-6-13-7-8-14-10(2)9-15-16(3,11)12/h10H,4-9H2,1-3H3. The van der Waals surface area contributed by atoms with E-state index in [1.807, 2.05) is 0 Å². The maximum absolute atomic E-state index is 10.7. The quantitative estimate of drug-likeness (QED) is 0.433. The predicted molar refractivity (Wildman–Crippen MR) is 61.9 cm³/mol. The summed E-state index contributed by atoms with van der Waals surface area (Å²) in [5.74, 6) is 0. The molecule has 0 N–H and O–H groups in total. The molecular weight excluding hydrogens is 232 g/mol. The Labute approximate surface area is 98.2 Å². The molecule has 6 heteroatoms. The fraction of sp³-hybridized carbons (Fsp3) is 1.00. The minimum Gasteiger partial charge on any atom is -0.379 e. The normalized spacial score (nSPS) is 13.9. The van der Waals surface area contributed by atoms with Gasteiger partial charge in [-0.15, -0.1) is 0 Å². The van der Waals surface area contributed by atoms with Gasteiger partial charge in [0.05, 0.1) is 32.2 Å². The third kappa shape index (κ3) is 11.9. The van der Waals surface area contributed by atoms with Gasteiger partial charge in [0.15, 0.2) is 0 Å². The molecule has 5 nitrogen and oxygen atoms in total. The van der Waals surface area contributed by atoms with Crippen LogP contribution in [0, 0.1) is 0 Å². The lowest BCUT2D eigenvalue weighted by molar-refractivity contribution is -0.00509. The third-order valence-electron chi connectivity index (χ3n) is 1.79. The average molecular weight is 254 g/mol. The van der Waals surface area contributed by atoms with Gasteiger partial charge in [-0.25, -0.2) is 0 Å². The number of unbranched alkanes of at least 4 members (excludes halogenated alkanes) is 1. The van der Waals surface area contributed by atoms with Gasteiger partial charge in [-0.05, 0) is 13.3 Å². The maximum Gasteiger partial charge on any atom is 0.264 e. The molecule has 0 aliphatic rings. The highest BCUT2D eigenvalue weighted by Crippen LogP contribution is 1.96. The Bertz CT molecular complexity index is 250. The fourth-order valence-electron chi connectivity index (χ4n) is 0.924. The Morgan fingerprint density at radius 3 is 2.44 bits per heavy atom. The van der Waals surface area contributed by atoms with Crippen molar-refractivity contribution < 1.29 is 22.1 Å². The van der Waals surface area contributed by atoms with Crippen LogP contribution in [0.15, 0.2) is 0 Å². The summed E-state index contributed by atoms with van der Waals surface area (Å²) in [7, 11) is -3.37. The zero-order valence-electron chi connectivity index (χ0n) is 10.3. The molecule has 0 rings (SSSR count). The van der Waals surface area contributed by atoms with Crippen LogP contribution in [-0.4, -0.2) is 47.2 Å². The first-order chi connectivity index (χ1) is 7.45. The molecule has 0 spiro atoms. The molecule has 0 aliphatic heterocycles. The van der Waals surface area contributed by atoms with E-state index in [2.05, 4.69) is 11.1 Å². The van der Waals surface area contributed by atoms with Gasteiger partial charge in [-0.2, -0.15) is 8.42 Å². The monoisotopic (exact) mass is 254 g/mol. The summed E-state index contributed by atoms with van der Waals surface area (Å²) in [6.45, 7) is 5.64. The zero-order valence-corrected chi connectivity index (χ0v) is 11.1. The summed E-state index contributed by atoms with van der Waals surface area (Å²) < 4.78 is 36.5. The van der Waals surface area contributed by atoms with Crippen LogP contribution in [0.3, 0.4) is 0 Å². The molecule has 1 unspecified atom stereocenters. The number of rotatable bonds is 10. The van der Waals surface area contributed by atoms with Crippen molar-refractivity contribution in [2.24, 2.45) is 0 Å². The summed E-state index contributed by atoms with van der Waals surface area (Å²) in [6.07, 6.45) is 2.93. The van der Waals surface area contributed by atoms with E-state index < -0.39 is 10.1 Å². The van der Waals surface area contributed by atoms with Gasteiger partial charge < -0.3 is 9.47 Å². The summed E-state index contributed by atoms with van der Waals surface area (Å²) in [5, 5.41) is 0. The molecule has 0 aromatic heterocycles. The Morgan fingerprint density at radius 2 is 1.88 bits per heavy atom. The van der Waals surface area contributed by atoms with Gasteiger partial charge in [0.1, 0.15) is 0 Å². The minimum absolute atomic E-state index is 0.0494. The number of hydrogen-bond donors (Lipinski definition) is 0. The summed E-state index contributed by atoms with van der Waals surface area (Å²) >= 11 is 0. The molecule has 0 aromatic carbocycles. The van der Waals surface area contributed by atoms with Crippen molar-refractivity contribution in [3.63, 3.8) is 0 Å². The number of ether oxygens (including phenoxy) is 2. The van der Waals surface area contributed by atoms with E-state index in [4.69, 9.17) is 9.47 Å². The van der Waals surface area contributed by atoms with E-state index in [1.54, 1.807) is 6.92 Å². The molecule has 0 fully saturated rings. The van der Waals surface area contributed by atoms with E-state index in [-0.39, 0.29) is 12.7 Å². The number of hydrogen-bond acceptors (Lipinski definition) is 5. The first kappa shape index (κ1) is 15.8. The van der Waals surface area contributed by atoms with Crippen molar-refractivity contribution in [3.8, 4) is 0 Å². The van der Waals surface area contributed by atoms with Crippen molar-refractivity contribution in [1.82, 2.24) is 0 Å². The van der Waals surface area contributed by atoms with Crippen molar-refractivity contribution >= 4 is 10.1 Å². The van der Waals surface area contributed by atoms with Crippen LogP contribution >= 0.6 is 0 Å². The molecule has 1 atom stereocenters. The highest BCUT2D eigenvalue weighted by atomic mass is 32.2. The largest absolute Gasteiger partial charge is 0.379 e. The topological polar surface area (TPSA) is 61.8 Å². The summed E-state index contributed by atoms with van der Waals surface area (Å²) in [6, 6.07) is 0. The van der Waals surface area contributed by atoms with E-state index >= 15 is 0 Å². The molecule has 0 aromatic rings. The third-order valence-corrected chi connectivity index (χ3v) is 2.35. The average Bonchev–Trinajstić information content (AvgIpc) is 2.19. The smallest absolute Gasteiger partial charge is 0.264 e. The highest BCUT2D eigenvalue weighted by molar-refractivity contribution is 7.85. The molecule has 0 saturated carbocycles. The van der Waals surface area contributed by atoms with Crippen molar-refractivity contribution in [3.05, 3.63) is 0 Å². The van der Waals surface area contributed by atoms with Crippen LogP contribution in [-0.2, 0) is 23.8 Å². The second-order valence-electron chi connectivity index (χ2n) is 3.64. The van der Waals surface area contributed by atoms with Gasteiger partial charge in [-0.1, -0.05) is 13.3 Å². The minimum atomic E-state index is -3.37. The van der Waals surface area contributed by atoms with Crippen LogP contribution in [0.25, 0.3) is 0 Å². The van der Waals surface area contributed by atoms with E-state index in [0.717, 1.165) is 25.7 Å². The lowest BCUT2D eigenvalue weighted by atomic mass is 10.4. The van der Waals surface area contributed by atoms with Gasteiger partial charge in [0.2, 0.25) is 0 Å². The Hall–Kier alpha value is -0.170. The second kappa shape index (κ2) is 8.92. The van der Waals surface area contributed by atoms with Crippen molar-refractivity contribution in [2.45, 2.75) is 32.8 Å². The SMILES string of the molecule is CCCCOCCOC(C)COS(C)(=O)=O. The molecule has 0 heterocycles. The molecule has 0 radical (unpaired) electrons. The van der Waals surface area contributed by atoms with Crippen LogP contribution in [0.2, 0.25) is 0 Å². The molecule has 0 saturated heterocycles. The first-order valence-electron chi connectivity index (χ1n) is 5.49. The van der Waals surface area contributed by atoms with Gasteiger partial charge >= 0.3 is 0 Å². The van der Waals surface area contributed by atoms with Crippen molar-refractivity contribution in [2.75, 3.05) is 32.7 Å². The highest BCUT2D eigenvalue weighted by Gasteiger charge is 2.07.